The van der Waals surface area contributed by atoms with Crippen molar-refractivity contribution in [3.63, 3.8) is 0 Å². The fourth-order valence-corrected chi connectivity index (χ4v) is 2.79. The van der Waals surface area contributed by atoms with Crippen molar-refractivity contribution >= 4 is 28.2 Å². The second-order valence-electron chi connectivity index (χ2n) is 5.98. The van der Waals surface area contributed by atoms with Gasteiger partial charge in [-0.15, -0.1) is 0 Å². The van der Waals surface area contributed by atoms with Gasteiger partial charge in [-0.25, -0.2) is 4.98 Å². The molecule has 1 aliphatic rings. The topological polar surface area (TPSA) is 83.3 Å². The molecule has 118 valence electrons. The number of likely N-dealkylation sites (N-methyl/N-ethyl adjacent to an activating group) is 1. The van der Waals surface area contributed by atoms with Gasteiger partial charge < -0.3 is 21.3 Å². The van der Waals surface area contributed by atoms with E-state index >= 15 is 0 Å². The van der Waals surface area contributed by atoms with E-state index in [1.54, 1.807) is 0 Å². The lowest BCUT2D eigenvalue weighted by molar-refractivity contribution is 0.0954. The Kier molecular flexibility index (Phi) is 5.41. The molecule has 4 N–H and O–H groups in total. The standard InChI is InChI=1S/C14H25N5OS/c1-9(2)8-17-14-18-12(15)11(21-14)13(20)16-6-7-19(3)10-4-5-10/h9-10H,4-8,15H2,1-3H3,(H,16,20)(H,17,18). The Morgan fingerprint density at radius 3 is 2.86 bits per heavy atom. The fraction of sp³-hybridized carbons (Fsp3) is 0.714. The minimum Gasteiger partial charge on any atom is -0.382 e. The number of carbonyl (C=O) groups excluding carboxylic acids is 1. The van der Waals surface area contributed by atoms with E-state index in [9.17, 15) is 4.79 Å². The maximum absolute atomic E-state index is 12.1. The highest BCUT2D eigenvalue weighted by Gasteiger charge is 2.25. The van der Waals surface area contributed by atoms with Crippen LogP contribution in [0.3, 0.4) is 0 Å². The van der Waals surface area contributed by atoms with Crippen molar-refractivity contribution in [1.29, 1.82) is 0 Å². The van der Waals surface area contributed by atoms with Crippen molar-refractivity contribution in [2.75, 3.05) is 37.7 Å². The zero-order valence-corrected chi connectivity index (χ0v) is 13.8. The van der Waals surface area contributed by atoms with Crippen molar-refractivity contribution < 1.29 is 4.79 Å². The van der Waals surface area contributed by atoms with Crippen LogP contribution >= 0.6 is 11.3 Å². The number of nitrogen functional groups attached to an aromatic ring is 1. The van der Waals surface area contributed by atoms with Crippen LogP contribution in [-0.2, 0) is 0 Å². The summed E-state index contributed by atoms with van der Waals surface area (Å²) in [7, 11) is 2.10. The number of hydrogen-bond donors (Lipinski definition) is 3. The first-order valence-corrected chi connectivity index (χ1v) is 8.27. The molecule has 0 bridgehead atoms. The molecule has 0 atom stereocenters. The summed E-state index contributed by atoms with van der Waals surface area (Å²) < 4.78 is 0. The molecule has 1 aromatic rings. The van der Waals surface area contributed by atoms with Crippen LogP contribution < -0.4 is 16.4 Å². The Morgan fingerprint density at radius 2 is 2.24 bits per heavy atom. The van der Waals surface area contributed by atoms with Gasteiger partial charge in [-0.3, -0.25) is 4.79 Å². The van der Waals surface area contributed by atoms with Gasteiger partial charge in [0.05, 0.1) is 0 Å². The van der Waals surface area contributed by atoms with Gasteiger partial charge >= 0.3 is 0 Å². The van der Waals surface area contributed by atoms with E-state index in [0.717, 1.165) is 13.1 Å². The number of carbonyl (C=O) groups is 1. The molecule has 0 spiro atoms. The number of nitrogens with one attached hydrogen (secondary N) is 2. The molecule has 6 nitrogen and oxygen atoms in total. The fourth-order valence-electron chi connectivity index (χ4n) is 1.99. The van der Waals surface area contributed by atoms with Gasteiger partial charge in [0.2, 0.25) is 0 Å². The molecule has 0 unspecified atom stereocenters. The molecule has 7 heteroatoms. The molecule has 2 rings (SSSR count). The molecule has 0 radical (unpaired) electrons. The SMILES string of the molecule is CC(C)CNc1nc(N)c(C(=O)NCCN(C)C2CC2)s1. The molecule has 0 saturated heterocycles. The lowest BCUT2D eigenvalue weighted by atomic mass is 10.2. The third-order valence-corrected chi connectivity index (χ3v) is 4.47. The largest absolute Gasteiger partial charge is 0.382 e. The van der Waals surface area contributed by atoms with Gasteiger partial charge in [-0.05, 0) is 25.8 Å². The summed E-state index contributed by atoms with van der Waals surface area (Å²) >= 11 is 1.31. The zero-order valence-electron chi connectivity index (χ0n) is 13.0. The summed E-state index contributed by atoms with van der Waals surface area (Å²) in [6.45, 7) is 6.56. The molecule has 1 heterocycles. The van der Waals surface area contributed by atoms with E-state index in [1.165, 1.54) is 24.2 Å². The van der Waals surface area contributed by atoms with Gasteiger partial charge in [0, 0.05) is 25.7 Å². The summed E-state index contributed by atoms with van der Waals surface area (Å²) in [5.41, 5.74) is 5.83. The summed E-state index contributed by atoms with van der Waals surface area (Å²) in [5.74, 6) is 0.691. The quantitative estimate of drug-likeness (QED) is 0.679. The lowest BCUT2D eigenvalue weighted by Gasteiger charge is -2.15. The van der Waals surface area contributed by atoms with Crippen LogP contribution in [0.25, 0.3) is 0 Å². The number of anilines is 2. The maximum atomic E-state index is 12.1. The van der Waals surface area contributed by atoms with Crippen LogP contribution in [0.2, 0.25) is 0 Å². The molecule has 0 aliphatic heterocycles. The van der Waals surface area contributed by atoms with Crippen molar-refractivity contribution in [2.24, 2.45) is 5.92 Å². The maximum Gasteiger partial charge on any atom is 0.265 e. The van der Waals surface area contributed by atoms with Gasteiger partial charge in [0.25, 0.3) is 5.91 Å². The number of nitrogens with zero attached hydrogens (tertiary/aromatic N) is 2. The van der Waals surface area contributed by atoms with Crippen LogP contribution in [0.15, 0.2) is 0 Å². The second kappa shape index (κ2) is 7.09. The number of thiazole rings is 1. The van der Waals surface area contributed by atoms with E-state index in [1.807, 2.05) is 0 Å². The summed E-state index contributed by atoms with van der Waals surface area (Å²) in [5, 5.41) is 6.82. The van der Waals surface area contributed by atoms with Crippen LogP contribution in [0.4, 0.5) is 10.9 Å². The number of hydrogen-bond acceptors (Lipinski definition) is 6. The number of rotatable bonds is 8. The molecule has 1 fully saturated rings. The second-order valence-corrected chi connectivity index (χ2v) is 6.97. The summed E-state index contributed by atoms with van der Waals surface area (Å²) in [6, 6.07) is 0.710. The van der Waals surface area contributed by atoms with Gasteiger partial charge in [-0.1, -0.05) is 25.2 Å². The zero-order chi connectivity index (χ0) is 15.4. The first kappa shape index (κ1) is 16.0. The van der Waals surface area contributed by atoms with E-state index in [0.29, 0.717) is 34.3 Å². The summed E-state index contributed by atoms with van der Waals surface area (Å²) in [4.78, 5) is 19.1. The summed E-state index contributed by atoms with van der Waals surface area (Å²) in [6.07, 6.45) is 2.55. The molecule has 0 aromatic carbocycles. The smallest absolute Gasteiger partial charge is 0.265 e. The number of nitrogens with two attached hydrogens (primary N) is 1. The van der Waals surface area contributed by atoms with Crippen LogP contribution in [0.5, 0.6) is 0 Å². The highest BCUT2D eigenvalue weighted by atomic mass is 32.1. The molecule has 1 saturated carbocycles. The monoisotopic (exact) mass is 311 g/mol. The first-order chi connectivity index (χ1) is 9.97. The Labute approximate surface area is 130 Å². The van der Waals surface area contributed by atoms with Gasteiger partial charge in [0.1, 0.15) is 10.7 Å². The molecule has 1 aliphatic carbocycles. The first-order valence-electron chi connectivity index (χ1n) is 7.46. The van der Waals surface area contributed by atoms with Crippen LogP contribution in [-0.4, -0.2) is 48.5 Å². The van der Waals surface area contributed by atoms with Gasteiger partial charge in [-0.2, -0.15) is 0 Å². The Hall–Kier alpha value is -1.34. The van der Waals surface area contributed by atoms with Crippen LogP contribution in [0.1, 0.15) is 36.4 Å². The predicted molar refractivity (Wildman–Crippen MR) is 87.8 cm³/mol. The Balaban J connectivity index is 1.80. The van der Waals surface area contributed by atoms with E-state index in [-0.39, 0.29) is 5.91 Å². The van der Waals surface area contributed by atoms with Crippen molar-refractivity contribution in [3.05, 3.63) is 4.88 Å². The van der Waals surface area contributed by atoms with Crippen molar-refractivity contribution in [3.8, 4) is 0 Å². The molecule has 1 amide bonds. The van der Waals surface area contributed by atoms with Crippen molar-refractivity contribution in [1.82, 2.24) is 15.2 Å². The molecular weight excluding hydrogens is 286 g/mol. The highest BCUT2D eigenvalue weighted by Crippen LogP contribution is 2.26. The van der Waals surface area contributed by atoms with E-state index in [4.69, 9.17) is 5.73 Å². The third kappa shape index (κ3) is 4.86. The highest BCUT2D eigenvalue weighted by molar-refractivity contribution is 7.18. The lowest BCUT2D eigenvalue weighted by Crippen LogP contribution is -2.33. The third-order valence-electron chi connectivity index (χ3n) is 3.44. The van der Waals surface area contributed by atoms with Gasteiger partial charge in [0.15, 0.2) is 5.13 Å². The normalized spacial score (nSPS) is 14.7. The molecule has 1 aromatic heterocycles. The Morgan fingerprint density at radius 1 is 1.52 bits per heavy atom. The van der Waals surface area contributed by atoms with E-state index in [2.05, 4.69) is 41.4 Å². The Bertz CT molecular complexity index is 484. The van der Waals surface area contributed by atoms with E-state index < -0.39 is 0 Å². The molecular formula is C14H25N5OS. The minimum absolute atomic E-state index is 0.133. The van der Waals surface area contributed by atoms with Crippen molar-refractivity contribution in [2.45, 2.75) is 32.7 Å². The average Bonchev–Trinajstić information content (AvgIpc) is 3.20. The number of amides is 1. The van der Waals surface area contributed by atoms with Crippen LogP contribution in [0, 0.1) is 5.92 Å². The number of aromatic nitrogens is 1. The molecule has 21 heavy (non-hydrogen) atoms. The predicted octanol–water partition coefficient (Wildman–Crippen LogP) is 1.62. The minimum atomic E-state index is -0.133. The average molecular weight is 311 g/mol.